The predicted octanol–water partition coefficient (Wildman–Crippen LogP) is 7.89. The molecule has 0 aromatic heterocycles. The van der Waals surface area contributed by atoms with Crippen LogP contribution < -0.4 is 4.74 Å². The van der Waals surface area contributed by atoms with Gasteiger partial charge >= 0.3 is 5.97 Å². The molecule has 3 nitrogen and oxygen atoms in total. The Balaban J connectivity index is 1.72. The van der Waals surface area contributed by atoms with Gasteiger partial charge in [-0.2, -0.15) is 0 Å². The molecule has 1 atom stereocenters. The minimum absolute atomic E-state index is 0.0935. The molecular weight excluding hydrogens is 372 g/mol. The van der Waals surface area contributed by atoms with Gasteiger partial charge in [-0.1, -0.05) is 88.3 Å². The summed E-state index contributed by atoms with van der Waals surface area (Å²) >= 11 is 0. The standard InChI is InChI=1S/C27H38O3/c1-4-6-7-8-9-10-11-12-13-27(28)30-22(3)23-14-16-24(17-15-23)25-18-20-26(21-19-25)29-5-2/h14-22H,4-13H2,1-3H3. The summed E-state index contributed by atoms with van der Waals surface area (Å²) in [5.74, 6) is 0.791. The molecule has 0 aliphatic carbocycles. The maximum absolute atomic E-state index is 12.1. The van der Waals surface area contributed by atoms with Crippen LogP contribution in [0.25, 0.3) is 11.1 Å². The predicted molar refractivity (Wildman–Crippen MR) is 125 cm³/mol. The number of benzene rings is 2. The number of esters is 1. The molecule has 0 N–H and O–H groups in total. The van der Waals surface area contributed by atoms with Crippen molar-refractivity contribution in [3.8, 4) is 16.9 Å². The van der Waals surface area contributed by atoms with Crippen LogP contribution in [-0.2, 0) is 9.53 Å². The highest BCUT2D eigenvalue weighted by Gasteiger charge is 2.12. The summed E-state index contributed by atoms with van der Waals surface area (Å²) in [7, 11) is 0. The minimum Gasteiger partial charge on any atom is -0.494 e. The van der Waals surface area contributed by atoms with Crippen LogP contribution in [0, 0.1) is 0 Å². The highest BCUT2D eigenvalue weighted by atomic mass is 16.5. The van der Waals surface area contributed by atoms with Gasteiger partial charge in [-0.15, -0.1) is 0 Å². The van der Waals surface area contributed by atoms with Crippen LogP contribution in [0.4, 0.5) is 0 Å². The summed E-state index contributed by atoms with van der Waals surface area (Å²) in [4.78, 5) is 12.1. The third kappa shape index (κ3) is 8.61. The number of hydrogen-bond acceptors (Lipinski definition) is 3. The molecule has 3 heteroatoms. The fraction of sp³-hybridized carbons (Fsp3) is 0.519. The Morgan fingerprint density at radius 1 is 0.767 bits per heavy atom. The van der Waals surface area contributed by atoms with Crippen molar-refractivity contribution in [3.05, 3.63) is 54.1 Å². The Labute approximate surface area is 182 Å². The normalized spacial score (nSPS) is 11.8. The lowest BCUT2D eigenvalue weighted by molar-refractivity contribution is -0.148. The maximum atomic E-state index is 12.1. The van der Waals surface area contributed by atoms with E-state index < -0.39 is 0 Å². The van der Waals surface area contributed by atoms with E-state index >= 15 is 0 Å². The van der Waals surface area contributed by atoms with Crippen molar-refractivity contribution in [1.29, 1.82) is 0 Å². The largest absolute Gasteiger partial charge is 0.494 e. The van der Waals surface area contributed by atoms with E-state index in [-0.39, 0.29) is 12.1 Å². The number of carbonyl (C=O) groups is 1. The molecule has 0 saturated carbocycles. The smallest absolute Gasteiger partial charge is 0.306 e. The molecule has 0 radical (unpaired) electrons. The molecule has 1 unspecified atom stereocenters. The molecule has 0 aliphatic rings. The summed E-state index contributed by atoms with van der Waals surface area (Å²) in [6.45, 7) is 6.83. The average molecular weight is 411 g/mol. The van der Waals surface area contributed by atoms with Gasteiger partial charge in [0.1, 0.15) is 11.9 Å². The zero-order chi connectivity index (χ0) is 21.6. The monoisotopic (exact) mass is 410 g/mol. The van der Waals surface area contributed by atoms with E-state index in [4.69, 9.17) is 9.47 Å². The number of ether oxygens (including phenoxy) is 2. The second-order valence-electron chi connectivity index (χ2n) is 7.94. The summed E-state index contributed by atoms with van der Waals surface area (Å²) < 4.78 is 11.1. The van der Waals surface area contributed by atoms with Crippen LogP contribution in [0.2, 0.25) is 0 Å². The zero-order valence-electron chi connectivity index (χ0n) is 19.0. The first-order chi connectivity index (χ1) is 14.6. The fourth-order valence-electron chi connectivity index (χ4n) is 3.58. The molecular formula is C27H38O3. The quantitative estimate of drug-likeness (QED) is 0.235. The first-order valence-corrected chi connectivity index (χ1v) is 11.7. The second-order valence-corrected chi connectivity index (χ2v) is 7.94. The van der Waals surface area contributed by atoms with Gasteiger partial charge in [0.25, 0.3) is 0 Å². The van der Waals surface area contributed by atoms with Gasteiger partial charge in [0.05, 0.1) is 6.61 Å². The van der Waals surface area contributed by atoms with Crippen molar-refractivity contribution in [2.45, 2.75) is 84.7 Å². The zero-order valence-corrected chi connectivity index (χ0v) is 19.0. The van der Waals surface area contributed by atoms with E-state index in [1.807, 2.05) is 38.1 Å². The van der Waals surface area contributed by atoms with Gasteiger partial charge in [-0.3, -0.25) is 4.79 Å². The number of carbonyl (C=O) groups excluding carboxylic acids is 1. The van der Waals surface area contributed by atoms with Crippen LogP contribution in [-0.4, -0.2) is 12.6 Å². The van der Waals surface area contributed by atoms with Gasteiger partial charge in [0.2, 0.25) is 0 Å². The highest BCUT2D eigenvalue weighted by Crippen LogP contribution is 2.25. The van der Waals surface area contributed by atoms with Gasteiger partial charge in [-0.25, -0.2) is 0 Å². The van der Waals surface area contributed by atoms with E-state index in [1.54, 1.807) is 0 Å². The van der Waals surface area contributed by atoms with Gasteiger partial charge in [0.15, 0.2) is 0 Å². The Hall–Kier alpha value is -2.29. The van der Waals surface area contributed by atoms with Gasteiger partial charge in [0, 0.05) is 6.42 Å². The van der Waals surface area contributed by atoms with E-state index in [0.717, 1.165) is 35.3 Å². The minimum atomic E-state index is -0.221. The molecule has 164 valence electrons. The van der Waals surface area contributed by atoms with E-state index in [0.29, 0.717) is 13.0 Å². The maximum Gasteiger partial charge on any atom is 0.306 e. The first kappa shape index (κ1) is 24.0. The average Bonchev–Trinajstić information content (AvgIpc) is 2.76. The Morgan fingerprint density at radius 3 is 1.87 bits per heavy atom. The fourth-order valence-corrected chi connectivity index (χ4v) is 3.58. The molecule has 2 aromatic carbocycles. The van der Waals surface area contributed by atoms with E-state index in [2.05, 4.69) is 31.2 Å². The van der Waals surface area contributed by atoms with Gasteiger partial charge in [-0.05, 0) is 49.1 Å². The Bertz CT molecular complexity index is 719. The lowest BCUT2D eigenvalue weighted by atomic mass is 10.0. The van der Waals surface area contributed by atoms with Crippen LogP contribution >= 0.6 is 0 Å². The number of unbranched alkanes of at least 4 members (excludes halogenated alkanes) is 7. The summed E-state index contributed by atoms with van der Waals surface area (Å²) in [6, 6.07) is 16.3. The molecule has 0 amide bonds. The molecule has 0 bridgehead atoms. The molecule has 2 aromatic rings. The molecule has 0 saturated heterocycles. The van der Waals surface area contributed by atoms with E-state index in [1.165, 1.54) is 38.5 Å². The highest BCUT2D eigenvalue weighted by molar-refractivity contribution is 5.69. The van der Waals surface area contributed by atoms with Crippen molar-refractivity contribution in [2.24, 2.45) is 0 Å². The molecule has 0 fully saturated rings. The van der Waals surface area contributed by atoms with Crippen LogP contribution in [0.1, 0.15) is 90.2 Å². The van der Waals surface area contributed by atoms with Gasteiger partial charge < -0.3 is 9.47 Å². The van der Waals surface area contributed by atoms with Crippen molar-refractivity contribution >= 4 is 5.97 Å². The molecule has 0 heterocycles. The van der Waals surface area contributed by atoms with Crippen molar-refractivity contribution in [3.63, 3.8) is 0 Å². The topological polar surface area (TPSA) is 35.5 Å². The molecule has 2 rings (SSSR count). The van der Waals surface area contributed by atoms with Crippen molar-refractivity contribution < 1.29 is 14.3 Å². The summed E-state index contributed by atoms with van der Waals surface area (Å²) in [5, 5.41) is 0. The third-order valence-corrected chi connectivity index (χ3v) is 5.42. The Morgan fingerprint density at radius 2 is 1.30 bits per heavy atom. The summed E-state index contributed by atoms with van der Waals surface area (Å²) in [6.07, 6.45) is 10.1. The SMILES string of the molecule is CCCCCCCCCCC(=O)OC(C)c1ccc(-c2ccc(OCC)cc2)cc1. The lowest BCUT2D eigenvalue weighted by Gasteiger charge is -2.14. The Kier molecular flexibility index (Phi) is 11.1. The van der Waals surface area contributed by atoms with Crippen LogP contribution in [0.5, 0.6) is 5.75 Å². The van der Waals surface area contributed by atoms with Crippen molar-refractivity contribution in [2.75, 3.05) is 6.61 Å². The third-order valence-electron chi connectivity index (χ3n) is 5.42. The first-order valence-electron chi connectivity index (χ1n) is 11.7. The number of hydrogen-bond donors (Lipinski definition) is 0. The van der Waals surface area contributed by atoms with Crippen molar-refractivity contribution in [1.82, 2.24) is 0 Å². The van der Waals surface area contributed by atoms with Crippen LogP contribution in [0.3, 0.4) is 0 Å². The molecule has 30 heavy (non-hydrogen) atoms. The molecule has 0 spiro atoms. The summed E-state index contributed by atoms with van der Waals surface area (Å²) in [5.41, 5.74) is 3.30. The number of rotatable bonds is 14. The molecule has 0 aliphatic heterocycles. The second kappa shape index (κ2) is 13.8. The lowest BCUT2D eigenvalue weighted by Crippen LogP contribution is -2.08. The van der Waals surface area contributed by atoms with Crippen LogP contribution in [0.15, 0.2) is 48.5 Å². The van der Waals surface area contributed by atoms with E-state index in [9.17, 15) is 4.79 Å².